The van der Waals surface area contributed by atoms with E-state index in [1.54, 1.807) is 0 Å². The monoisotopic (exact) mass is 464 g/mol. The van der Waals surface area contributed by atoms with Crippen LogP contribution in [0.5, 0.6) is 5.75 Å². The number of halogens is 1. The number of nitrogens with one attached hydrogen (secondary N) is 1. The molecule has 2 aromatic rings. The first-order chi connectivity index (χ1) is 14.9. The van der Waals surface area contributed by atoms with Gasteiger partial charge in [0.05, 0.1) is 22.1 Å². The minimum absolute atomic E-state index is 0.0949. The van der Waals surface area contributed by atoms with E-state index in [9.17, 15) is 13.2 Å². The van der Waals surface area contributed by atoms with Crippen LogP contribution in [0.25, 0.3) is 0 Å². The number of unbranched alkanes of at least 4 members (excludes halogenated alkanes) is 1. The summed E-state index contributed by atoms with van der Waals surface area (Å²) in [5, 5.41) is 3.03. The number of amides is 1. The van der Waals surface area contributed by atoms with Crippen LogP contribution in [-0.2, 0) is 16.6 Å². The summed E-state index contributed by atoms with van der Waals surface area (Å²) in [5.74, 6) is 0.381. The lowest BCUT2D eigenvalue weighted by Crippen LogP contribution is -2.35. The maximum atomic E-state index is 12.9. The van der Waals surface area contributed by atoms with Crippen molar-refractivity contribution in [3.05, 3.63) is 58.6 Å². The highest BCUT2D eigenvalue weighted by Gasteiger charge is 2.27. The molecular formula is C23H29ClN2O4S. The Morgan fingerprint density at radius 3 is 2.48 bits per heavy atom. The summed E-state index contributed by atoms with van der Waals surface area (Å²) < 4.78 is 33.0. The first kappa shape index (κ1) is 23.6. The Hall–Kier alpha value is -2.09. The third-order valence-electron chi connectivity index (χ3n) is 5.28. The highest BCUT2D eigenvalue weighted by Crippen LogP contribution is 2.25. The third kappa shape index (κ3) is 6.21. The highest BCUT2D eigenvalue weighted by molar-refractivity contribution is 7.89. The van der Waals surface area contributed by atoms with Crippen molar-refractivity contribution < 1.29 is 17.9 Å². The predicted octanol–water partition coefficient (Wildman–Crippen LogP) is 4.62. The number of ether oxygens (including phenoxy) is 1. The number of sulfonamides is 1. The van der Waals surface area contributed by atoms with Gasteiger partial charge in [0.15, 0.2) is 0 Å². The molecule has 0 radical (unpaired) electrons. The molecule has 1 amide bonds. The number of hydrogen-bond donors (Lipinski definition) is 1. The number of carbonyl (C=O) groups excluding carboxylic acids is 1. The zero-order valence-electron chi connectivity index (χ0n) is 17.8. The standard InChI is InChI=1S/C23H29ClN2O4S/c1-2-3-15-30-19-9-7-18(8-10-19)17-25-23(27)21-16-20(11-12-22(21)24)31(28,29)26-13-5-4-6-14-26/h7-12,16H,2-6,13-15,17H2,1H3,(H,25,27). The second kappa shape index (κ2) is 11.0. The van der Waals surface area contributed by atoms with E-state index < -0.39 is 15.9 Å². The third-order valence-corrected chi connectivity index (χ3v) is 7.50. The molecule has 6 nitrogen and oxygen atoms in total. The molecule has 1 heterocycles. The van der Waals surface area contributed by atoms with Gasteiger partial charge in [-0.15, -0.1) is 0 Å². The second-order valence-corrected chi connectivity index (χ2v) is 9.98. The van der Waals surface area contributed by atoms with Crippen molar-refractivity contribution in [1.82, 2.24) is 9.62 Å². The normalized spacial score (nSPS) is 14.9. The molecular weight excluding hydrogens is 436 g/mol. The summed E-state index contributed by atoms with van der Waals surface area (Å²) >= 11 is 6.20. The van der Waals surface area contributed by atoms with Crippen molar-refractivity contribution in [2.45, 2.75) is 50.5 Å². The van der Waals surface area contributed by atoms with Gasteiger partial charge in [0.2, 0.25) is 10.0 Å². The van der Waals surface area contributed by atoms with Crippen LogP contribution >= 0.6 is 11.6 Å². The van der Waals surface area contributed by atoms with Crippen LogP contribution in [0.15, 0.2) is 47.4 Å². The van der Waals surface area contributed by atoms with E-state index in [-0.39, 0.29) is 15.5 Å². The van der Waals surface area contributed by atoms with Gasteiger partial charge in [0.25, 0.3) is 5.91 Å². The molecule has 1 N–H and O–H groups in total. The van der Waals surface area contributed by atoms with E-state index in [4.69, 9.17) is 16.3 Å². The van der Waals surface area contributed by atoms with Crippen molar-refractivity contribution in [1.29, 1.82) is 0 Å². The minimum Gasteiger partial charge on any atom is -0.494 e. The average Bonchev–Trinajstić information content (AvgIpc) is 2.79. The maximum absolute atomic E-state index is 12.9. The van der Waals surface area contributed by atoms with Crippen LogP contribution in [0, 0.1) is 0 Å². The predicted molar refractivity (Wildman–Crippen MR) is 122 cm³/mol. The first-order valence-electron chi connectivity index (χ1n) is 10.7. The van der Waals surface area contributed by atoms with Crippen molar-refractivity contribution in [3.63, 3.8) is 0 Å². The molecule has 8 heteroatoms. The van der Waals surface area contributed by atoms with Crippen LogP contribution in [0.4, 0.5) is 0 Å². The fraction of sp³-hybridized carbons (Fsp3) is 0.435. The molecule has 0 unspecified atom stereocenters. The Morgan fingerprint density at radius 2 is 1.81 bits per heavy atom. The summed E-state index contributed by atoms with van der Waals surface area (Å²) in [7, 11) is -3.64. The summed E-state index contributed by atoms with van der Waals surface area (Å²) in [6.45, 7) is 4.10. The fourth-order valence-electron chi connectivity index (χ4n) is 3.41. The molecule has 1 fully saturated rings. The van der Waals surface area contributed by atoms with Gasteiger partial charge >= 0.3 is 0 Å². The van der Waals surface area contributed by atoms with Gasteiger partial charge < -0.3 is 10.1 Å². The quantitative estimate of drug-likeness (QED) is 0.549. The van der Waals surface area contributed by atoms with Gasteiger partial charge in [-0.2, -0.15) is 4.31 Å². The lowest BCUT2D eigenvalue weighted by molar-refractivity contribution is 0.0951. The summed E-state index contributed by atoms with van der Waals surface area (Å²) in [6, 6.07) is 11.8. The zero-order valence-corrected chi connectivity index (χ0v) is 19.3. The van der Waals surface area contributed by atoms with Crippen LogP contribution in [0.2, 0.25) is 5.02 Å². The Bertz CT molecular complexity index is 987. The number of benzene rings is 2. The van der Waals surface area contributed by atoms with Crippen molar-refractivity contribution in [3.8, 4) is 5.75 Å². The van der Waals surface area contributed by atoms with E-state index >= 15 is 0 Å². The Labute approximate surface area is 189 Å². The molecule has 1 aliphatic rings. The lowest BCUT2D eigenvalue weighted by atomic mass is 10.2. The zero-order chi connectivity index (χ0) is 22.3. The Morgan fingerprint density at radius 1 is 1.10 bits per heavy atom. The van der Waals surface area contributed by atoms with Gasteiger partial charge in [0.1, 0.15) is 5.75 Å². The van der Waals surface area contributed by atoms with Crippen LogP contribution in [0.1, 0.15) is 54.9 Å². The van der Waals surface area contributed by atoms with Crippen LogP contribution in [-0.4, -0.2) is 38.3 Å². The molecule has 0 aromatic heterocycles. The van der Waals surface area contributed by atoms with Gasteiger partial charge in [0, 0.05) is 19.6 Å². The number of nitrogens with zero attached hydrogens (tertiary/aromatic N) is 1. The number of piperidine rings is 1. The van der Waals surface area contributed by atoms with Gasteiger partial charge in [-0.1, -0.05) is 43.5 Å². The van der Waals surface area contributed by atoms with E-state index in [2.05, 4.69) is 12.2 Å². The molecule has 0 aliphatic carbocycles. The first-order valence-corrected chi connectivity index (χ1v) is 12.5. The lowest BCUT2D eigenvalue weighted by Gasteiger charge is -2.26. The van der Waals surface area contributed by atoms with Crippen molar-refractivity contribution in [2.75, 3.05) is 19.7 Å². The summed E-state index contributed by atoms with van der Waals surface area (Å²) in [4.78, 5) is 12.8. The summed E-state index contributed by atoms with van der Waals surface area (Å²) in [5.41, 5.74) is 1.06. The minimum atomic E-state index is -3.64. The highest BCUT2D eigenvalue weighted by atomic mass is 35.5. The van der Waals surface area contributed by atoms with Crippen molar-refractivity contribution in [2.24, 2.45) is 0 Å². The second-order valence-electron chi connectivity index (χ2n) is 7.64. The molecule has 1 aliphatic heterocycles. The maximum Gasteiger partial charge on any atom is 0.253 e. The topological polar surface area (TPSA) is 75.7 Å². The van der Waals surface area contributed by atoms with Gasteiger partial charge in [-0.05, 0) is 55.2 Å². The largest absolute Gasteiger partial charge is 0.494 e. The summed E-state index contributed by atoms with van der Waals surface area (Å²) in [6.07, 6.45) is 4.82. The van der Waals surface area contributed by atoms with Crippen LogP contribution < -0.4 is 10.1 Å². The fourth-order valence-corrected chi connectivity index (χ4v) is 5.16. The molecule has 0 atom stereocenters. The van der Waals surface area contributed by atoms with Crippen LogP contribution in [0.3, 0.4) is 0 Å². The Kier molecular flexibility index (Phi) is 8.35. The van der Waals surface area contributed by atoms with E-state index in [0.29, 0.717) is 26.2 Å². The molecule has 0 saturated carbocycles. The van der Waals surface area contributed by atoms with Gasteiger partial charge in [-0.25, -0.2) is 8.42 Å². The van der Waals surface area contributed by atoms with Gasteiger partial charge in [-0.3, -0.25) is 4.79 Å². The molecule has 168 valence electrons. The average molecular weight is 465 g/mol. The molecule has 0 bridgehead atoms. The smallest absolute Gasteiger partial charge is 0.253 e. The molecule has 1 saturated heterocycles. The molecule has 0 spiro atoms. The molecule has 2 aromatic carbocycles. The van der Waals surface area contributed by atoms with E-state index in [1.807, 2.05) is 24.3 Å². The van der Waals surface area contributed by atoms with Crippen molar-refractivity contribution >= 4 is 27.5 Å². The number of rotatable bonds is 9. The number of hydrogen-bond acceptors (Lipinski definition) is 4. The molecule has 31 heavy (non-hydrogen) atoms. The number of carbonyl (C=O) groups is 1. The van der Waals surface area contributed by atoms with E-state index in [1.165, 1.54) is 22.5 Å². The Balaban J connectivity index is 1.65. The van der Waals surface area contributed by atoms with E-state index in [0.717, 1.165) is 43.4 Å². The molecule has 3 rings (SSSR count). The SMILES string of the molecule is CCCCOc1ccc(CNC(=O)c2cc(S(=O)(=O)N3CCCCC3)ccc2Cl)cc1.